The molecule has 2 amide bonds. The van der Waals surface area contributed by atoms with Gasteiger partial charge in [-0.1, -0.05) is 18.2 Å². The molecule has 2 heterocycles. The highest BCUT2D eigenvalue weighted by atomic mass is 16.6. The first-order valence-electron chi connectivity index (χ1n) is 9.09. The summed E-state index contributed by atoms with van der Waals surface area (Å²) in [5.41, 5.74) is 2.28. The summed E-state index contributed by atoms with van der Waals surface area (Å²) < 4.78 is 5.05. The number of hydrogen-bond donors (Lipinski definition) is 0. The van der Waals surface area contributed by atoms with E-state index in [2.05, 4.69) is 17.9 Å². The molecule has 6 heteroatoms. The van der Waals surface area contributed by atoms with Crippen molar-refractivity contribution < 1.29 is 14.3 Å². The van der Waals surface area contributed by atoms with Gasteiger partial charge in [-0.3, -0.25) is 9.69 Å². The number of para-hydroxylation sites is 1. The van der Waals surface area contributed by atoms with Crippen LogP contribution in [0.2, 0.25) is 0 Å². The van der Waals surface area contributed by atoms with Crippen molar-refractivity contribution in [3.8, 4) is 0 Å². The average Bonchev–Trinajstić information content (AvgIpc) is 2.96. The predicted octanol–water partition coefficient (Wildman–Crippen LogP) is 2.13. The first-order valence-corrected chi connectivity index (χ1v) is 9.09. The third-order valence-electron chi connectivity index (χ3n) is 5.19. The summed E-state index contributed by atoms with van der Waals surface area (Å²) in [6.07, 6.45) is 0.647. The lowest BCUT2D eigenvalue weighted by Gasteiger charge is -2.38. The van der Waals surface area contributed by atoms with Crippen LogP contribution >= 0.6 is 0 Å². The Bertz CT molecular complexity index is 641. The minimum atomic E-state index is -0.261. The number of amides is 2. The van der Waals surface area contributed by atoms with E-state index in [0.717, 1.165) is 12.1 Å². The van der Waals surface area contributed by atoms with E-state index >= 15 is 0 Å². The molecule has 0 N–H and O–H groups in total. The summed E-state index contributed by atoms with van der Waals surface area (Å²) in [6.45, 7) is 8.85. The molecule has 0 unspecified atom stereocenters. The maximum absolute atomic E-state index is 13.1. The third kappa shape index (κ3) is 3.49. The van der Waals surface area contributed by atoms with Gasteiger partial charge in [0.1, 0.15) is 0 Å². The second-order valence-corrected chi connectivity index (χ2v) is 6.79. The summed E-state index contributed by atoms with van der Waals surface area (Å²) in [5, 5.41) is 0. The van der Waals surface area contributed by atoms with Crippen molar-refractivity contribution in [3.05, 3.63) is 29.8 Å². The van der Waals surface area contributed by atoms with Crippen LogP contribution in [0.15, 0.2) is 24.3 Å². The van der Waals surface area contributed by atoms with E-state index in [1.807, 2.05) is 36.9 Å². The third-order valence-corrected chi connectivity index (χ3v) is 5.19. The molecule has 0 bridgehead atoms. The molecule has 0 radical (unpaired) electrons. The molecule has 0 aliphatic carbocycles. The molecule has 2 aliphatic heterocycles. The first-order chi connectivity index (χ1) is 12.0. The van der Waals surface area contributed by atoms with E-state index < -0.39 is 0 Å². The maximum atomic E-state index is 13.1. The predicted molar refractivity (Wildman–Crippen MR) is 96.7 cm³/mol. The highest BCUT2D eigenvalue weighted by Gasteiger charge is 2.36. The zero-order valence-corrected chi connectivity index (χ0v) is 15.3. The Morgan fingerprint density at radius 2 is 1.88 bits per heavy atom. The van der Waals surface area contributed by atoms with E-state index in [1.165, 1.54) is 5.56 Å². The van der Waals surface area contributed by atoms with Gasteiger partial charge in [0.2, 0.25) is 5.91 Å². The molecule has 2 atom stereocenters. The van der Waals surface area contributed by atoms with Gasteiger partial charge in [0.15, 0.2) is 0 Å². The van der Waals surface area contributed by atoms with Crippen molar-refractivity contribution in [3.63, 3.8) is 0 Å². The van der Waals surface area contributed by atoms with Crippen molar-refractivity contribution >= 4 is 17.7 Å². The van der Waals surface area contributed by atoms with Gasteiger partial charge in [-0.2, -0.15) is 0 Å². The highest BCUT2D eigenvalue weighted by molar-refractivity contribution is 5.99. The summed E-state index contributed by atoms with van der Waals surface area (Å²) in [5.74, 6) is 0.141. The maximum Gasteiger partial charge on any atom is 0.409 e. The Morgan fingerprint density at radius 1 is 1.20 bits per heavy atom. The van der Waals surface area contributed by atoms with Crippen LogP contribution in [0, 0.1) is 0 Å². The van der Waals surface area contributed by atoms with Gasteiger partial charge < -0.3 is 14.5 Å². The van der Waals surface area contributed by atoms with E-state index in [-0.39, 0.29) is 24.1 Å². The second kappa shape index (κ2) is 7.44. The van der Waals surface area contributed by atoms with Gasteiger partial charge in [0.05, 0.1) is 12.6 Å². The molecule has 0 aromatic heterocycles. The lowest BCUT2D eigenvalue weighted by Crippen LogP contribution is -2.56. The number of piperazine rings is 1. The van der Waals surface area contributed by atoms with Crippen LogP contribution in [0.25, 0.3) is 0 Å². The number of nitrogens with zero attached hydrogens (tertiary/aromatic N) is 3. The number of rotatable bonds is 3. The lowest BCUT2D eigenvalue weighted by molar-refractivity contribution is -0.124. The molecule has 136 valence electrons. The van der Waals surface area contributed by atoms with Gasteiger partial charge in [-0.05, 0) is 38.8 Å². The number of carbonyl (C=O) groups is 2. The number of anilines is 1. The minimum Gasteiger partial charge on any atom is -0.450 e. The monoisotopic (exact) mass is 345 g/mol. The quantitative estimate of drug-likeness (QED) is 0.842. The fourth-order valence-electron chi connectivity index (χ4n) is 3.77. The average molecular weight is 345 g/mol. The van der Waals surface area contributed by atoms with Crippen LogP contribution < -0.4 is 4.90 Å². The molecule has 2 aliphatic rings. The second-order valence-electron chi connectivity index (χ2n) is 6.79. The Morgan fingerprint density at radius 3 is 2.56 bits per heavy atom. The zero-order valence-electron chi connectivity index (χ0n) is 15.3. The summed E-state index contributed by atoms with van der Waals surface area (Å²) >= 11 is 0. The van der Waals surface area contributed by atoms with Gasteiger partial charge in [-0.25, -0.2) is 4.79 Å². The topological polar surface area (TPSA) is 53.1 Å². The Balaban J connectivity index is 1.63. The van der Waals surface area contributed by atoms with Crippen LogP contribution in [-0.2, 0) is 16.0 Å². The first kappa shape index (κ1) is 17.7. The summed E-state index contributed by atoms with van der Waals surface area (Å²) in [4.78, 5) is 30.7. The molecule has 6 nitrogen and oxygen atoms in total. The molecular formula is C19H27N3O3. The molecule has 1 fully saturated rings. The van der Waals surface area contributed by atoms with Gasteiger partial charge in [0, 0.05) is 37.9 Å². The molecule has 3 rings (SSSR count). The Hall–Kier alpha value is -2.08. The molecule has 25 heavy (non-hydrogen) atoms. The summed E-state index contributed by atoms with van der Waals surface area (Å²) in [6, 6.07) is 8.13. The van der Waals surface area contributed by atoms with E-state index in [1.54, 1.807) is 4.90 Å². The molecule has 1 aromatic carbocycles. The minimum absolute atomic E-state index is 0.141. The Labute approximate surface area is 149 Å². The van der Waals surface area contributed by atoms with E-state index in [0.29, 0.717) is 32.8 Å². The van der Waals surface area contributed by atoms with Gasteiger partial charge >= 0.3 is 6.09 Å². The number of hydrogen-bond acceptors (Lipinski definition) is 4. The lowest BCUT2D eigenvalue weighted by atomic mass is 10.1. The smallest absolute Gasteiger partial charge is 0.409 e. The number of fused-ring (bicyclic) bond motifs is 1. The van der Waals surface area contributed by atoms with Crippen molar-refractivity contribution in [2.24, 2.45) is 0 Å². The SMILES string of the molecule is CCOC(=O)N1CCN([C@H](C)C(=O)N2c3ccccc3C[C@@H]2C)CC1. The van der Waals surface area contributed by atoms with Crippen LogP contribution in [0.4, 0.5) is 10.5 Å². The van der Waals surface area contributed by atoms with Crippen LogP contribution in [0.1, 0.15) is 26.3 Å². The molecule has 0 saturated carbocycles. The van der Waals surface area contributed by atoms with E-state index in [9.17, 15) is 9.59 Å². The number of ether oxygens (including phenoxy) is 1. The fourth-order valence-corrected chi connectivity index (χ4v) is 3.77. The molecular weight excluding hydrogens is 318 g/mol. The van der Waals surface area contributed by atoms with Crippen LogP contribution in [0.3, 0.4) is 0 Å². The normalized spacial score (nSPS) is 21.8. The molecule has 1 aromatic rings. The number of carbonyl (C=O) groups excluding carboxylic acids is 2. The van der Waals surface area contributed by atoms with Crippen LogP contribution in [0.5, 0.6) is 0 Å². The van der Waals surface area contributed by atoms with Gasteiger partial charge in [-0.15, -0.1) is 0 Å². The van der Waals surface area contributed by atoms with Crippen molar-refractivity contribution in [2.75, 3.05) is 37.7 Å². The van der Waals surface area contributed by atoms with Crippen LogP contribution in [-0.4, -0.2) is 66.7 Å². The molecule has 1 saturated heterocycles. The molecule has 0 spiro atoms. The van der Waals surface area contributed by atoms with Crippen molar-refractivity contribution in [1.82, 2.24) is 9.80 Å². The fraction of sp³-hybridized carbons (Fsp3) is 0.579. The van der Waals surface area contributed by atoms with Crippen molar-refractivity contribution in [1.29, 1.82) is 0 Å². The highest BCUT2D eigenvalue weighted by Crippen LogP contribution is 2.32. The van der Waals surface area contributed by atoms with E-state index in [4.69, 9.17) is 4.74 Å². The van der Waals surface area contributed by atoms with Gasteiger partial charge in [0.25, 0.3) is 0 Å². The van der Waals surface area contributed by atoms with Crippen molar-refractivity contribution in [2.45, 2.75) is 39.3 Å². The Kier molecular flexibility index (Phi) is 5.27. The zero-order chi connectivity index (χ0) is 18.0. The largest absolute Gasteiger partial charge is 0.450 e. The standard InChI is InChI=1S/C19H27N3O3/c1-4-25-19(24)21-11-9-20(10-12-21)15(3)18(23)22-14(2)13-16-7-5-6-8-17(16)22/h5-8,14-15H,4,9-13H2,1-3H3/t14-,15+/m0/s1. The number of benzene rings is 1. The summed E-state index contributed by atoms with van der Waals surface area (Å²) in [7, 11) is 0.